The van der Waals surface area contributed by atoms with Crippen LogP contribution in [0.5, 0.6) is 5.75 Å². The molecule has 1 heterocycles. The van der Waals surface area contributed by atoms with Gasteiger partial charge in [0.2, 0.25) is 0 Å². The van der Waals surface area contributed by atoms with Crippen molar-refractivity contribution in [3.8, 4) is 5.75 Å². The van der Waals surface area contributed by atoms with Crippen LogP contribution >= 0.6 is 0 Å². The van der Waals surface area contributed by atoms with Crippen LogP contribution in [0, 0.1) is 0 Å². The van der Waals surface area contributed by atoms with E-state index in [2.05, 4.69) is 36.4 Å². The zero-order valence-corrected chi connectivity index (χ0v) is 13.5. The zero-order valence-electron chi connectivity index (χ0n) is 13.5. The highest BCUT2D eigenvalue weighted by molar-refractivity contribution is 5.36. The Morgan fingerprint density at radius 3 is 2.43 bits per heavy atom. The minimum absolute atomic E-state index is 0.175. The van der Waals surface area contributed by atoms with Crippen molar-refractivity contribution in [2.75, 3.05) is 0 Å². The van der Waals surface area contributed by atoms with Crippen LogP contribution in [0.15, 0.2) is 36.7 Å². The van der Waals surface area contributed by atoms with Gasteiger partial charge < -0.3 is 10.1 Å². The number of aromatic nitrogens is 2. The zero-order chi connectivity index (χ0) is 15.4. The van der Waals surface area contributed by atoms with Crippen molar-refractivity contribution in [3.05, 3.63) is 47.8 Å². The lowest BCUT2D eigenvalue weighted by Gasteiger charge is -2.22. The Morgan fingerprint density at radius 1 is 1.10 bits per heavy atom. The summed E-state index contributed by atoms with van der Waals surface area (Å²) < 4.78 is 7.73. The third-order valence-electron chi connectivity index (χ3n) is 3.47. The van der Waals surface area contributed by atoms with E-state index in [1.54, 1.807) is 0 Å². The minimum atomic E-state index is 0.175. The van der Waals surface area contributed by atoms with Crippen LogP contribution in [0.25, 0.3) is 0 Å². The van der Waals surface area contributed by atoms with Gasteiger partial charge in [0, 0.05) is 36.5 Å². The quantitative estimate of drug-likeness (QED) is 0.882. The lowest BCUT2D eigenvalue weighted by atomic mass is 10.0. The summed E-state index contributed by atoms with van der Waals surface area (Å²) in [6, 6.07) is 8.65. The molecule has 0 radical (unpaired) electrons. The summed E-state index contributed by atoms with van der Waals surface area (Å²) in [7, 11) is 1.94. The molecule has 4 nitrogen and oxygen atoms in total. The molecule has 0 aliphatic heterocycles. The minimum Gasteiger partial charge on any atom is -0.491 e. The third kappa shape index (κ3) is 4.08. The number of ether oxygens (including phenoxy) is 1. The summed E-state index contributed by atoms with van der Waals surface area (Å²) >= 11 is 0. The molecule has 0 spiro atoms. The van der Waals surface area contributed by atoms with Crippen molar-refractivity contribution in [2.24, 2.45) is 7.05 Å². The number of aryl methyl sites for hydroxylation is 1. The van der Waals surface area contributed by atoms with E-state index in [4.69, 9.17) is 4.74 Å². The highest BCUT2D eigenvalue weighted by atomic mass is 16.5. The summed E-state index contributed by atoms with van der Waals surface area (Å²) in [4.78, 5) is 0. The maximum absolute atomic E-state index is 5.90. The average Bonchev–Trinajstić information content (AvgIpc) is 2.85. The number of hydrogen-bond acceptors (Lipinski definition) is 3. The highest BCUT2D eigenvalue weighted by Crippen LogP contribution is 2.27. The molecule has 0 bridgehead atoms. The smallest absolute Gasteiger partial charge is 0.124 e. The first-order valence-electron chi connectivity index (χ1n) is 7.47. The van der Waals surface area contributed by atoms with Gasteiger partial charge in [0.15, 0.2) is 0 Å². The normalized spacial score (nSPS) is 14.2. The Hall–Kier alpha value is -1.81. The molecule has 1 aromatic heterocycles. The Kier molecular flexibility index (Phi) is 5.02. The van der Waals surface area contributed by atoms with Crippen molar-refractivity contribution in [1.82, 2.24) is 15.1 Å². The standard InChI is InChI=1S/C17H25N3O/c1-12(2)21-17-9-7-6-8-16(17)14(4)19-13(3)15-10-18-20(5)11-15/h6-14,19H,1-5H3. The van der Waals surface area contributed by atoms with Crippen molar-refractivity contribution < 1.29 is 4.74 Å². The molecule has 1 N–H and O–H groups in total. The van der Waals surface area contributed by atoms with Gasteiger partial charge in [0.05, 0.1) is 12.3 Å². The summed E-state index contributed by atoms with van der Waals surface area (Å²) in [5.74, 6) is 0.950. The van der Waals surface area contributed by atoms with E-state index in [1.807, 2.05) is 50.1 Å². The van der Waals surface area contributed by atoms with Gasteiger partial charge in [-0.2, -0.15) is 5.10 Å². The van der Waals surface area contributed by atoms with Crippen LogP contribution in [-0.4, -0.2) is 15.9 Å². The Balaban J connectivity index is 2.11. The molecule has 114 valence electrons. The van der Waals surface area contributed by atoms with Crippen LogP contribution in [0.2, 0.25) is 0 Å². The fraction of sp³-hybridized carbons (Fsp3) is 0.471. The fourth-order valence-electron chi connectivity index (χ4n) is 2.42. The lowest BCUT2D eigenvalue weighted by molar-refractivity contribution is 0.237. The van der Waals surface area contributed by atoms with Gasteiger partial charge in [0.25, 0.3) is 0 Å². The van der Waals surface area contributed by atoms with Gasteiger partial charge in [-0.25, -0.2) is 0 Å². The van der Waals surface area contributed by atoms with E-state index >= 15 is 0 Å². The number of para-hydroxylation sites is 1. The second-order valence-electron chi connectivity index (χ2n) is 5.76. The maximum atomic E-state index is 5.90. The van der Waals surface area contributed by atoms with E-state index in [1.165, 1.54) is 11.1 Å². The number of benzene rings is 1. The monoisotopic (exact) mass is 287 g/mol. The predicted molar refractivity (Wildman–Crippen MR) is 85.4 cm³/mol. The first kappa shape index (κ1) is 15.6. The first-order valence-corrected chi connectivity index (χ1v) is 7.47. The van der Waals surface area contributed by atoms with Gasteiger partial charge in [0.1, 0.15) is 5.75 Å². The van der Waals surface area contributed by atoms with Crippen molar-refractivity contribution in [3.63, 3.8) is 0 Å². The van der Waals surface area contributed by atoms with Crippen LogP contribution in [0.1, 0.15) is 50.9 Å². The lowest BCUT2D eigenvalue weighted by Crippen LogP contribution is -2.23. The number of rotatable bonds is 6. The number of nitrogens with zero attached hydrogens (tertiary/aromatic N) is 2. The summed E-state index contributed by atoms with van der Waals surface area (Å²) in [5.41, 5.74) is 2.37. The fourth-order valence-corrected chi connectivity index (χ4v) is 2.42. The molecule has 0 aliphatic carbocycles. The topological polar surface area (TPSA) is 39.1 Å². The number of nitrogens with one attached hydrogen (secondary N) is 1. The molecule has 0 amide bonds. The molecule has 0 aliphatic rings. The molecule has 0 saturated heterocycles. The average molecular weight is 287 g/mol. The van der Waals surface area contributed by atoms with Crippen molar-refractivity contribution in [2.45, 2.75) is 45.9 Å². The molecule has 1 aromatic carbocycles. The van der Waals surface area contributed by atoms with E-state index in [9.17, 15) is 0 Å². The van der Waals surface area contributed by atoms with E-state index in [0.717, 1.165) is 5.75 Å². The third-order valence-corrected chi connectivity index (χ3v) is 3.47. The van der Waals surface area contributed by atoms with Gasteiger partial charge >= 0.3 is 0 Å². The number of hydrogen-bond donors (Lipinski definition) is 1. The van der Waals surface area contributed by atoms with E-state index in [0.29, 0.717) is 0 Å². The maximum Gasteiger partial charge on any atom is 0.124 e. The SMILES string of the molecule is CC(C)Oc1ccccc1C(C)NC(C)c1cnn(C)c1. The van der Waals surface area contributed by atoms with Gasteiger partial charge in [-0.05, 0) is 33.8 Å². The van der Waals surface area contributed by atoms with E-state index < -0.39 is 0 Å². The van der Waals surface area contributed by atoms with Crippen LogP contribution < -0.4 is 10.1 Å². The second kappa shape index (κ2) is 6.76. The molecule has 2 unspecified atom stereocenters. The molecular weight excluding hydrogens is 262 g/mol. The van der Waals surface area contributed by atoms with Crippen molar-refractivity contribution >= 4 is 0 Å². The molecule has 4 heteroatoms. The van der Waals surface area contributed by atoms with Crippen LogP contribution in [-0.2, 0) is 7.05 Å². The molecule has 0 fully saturated rings. The van der Waals surface area contributed by atoms with Crippen molar-refractivity contribution in [1.29, 1.82) is 0 Å². The first-order chi connectivity index (χ1) is 9.97. The summed E-state index contributed by atoms with van der Waals surface area (Å²) in [6.07, 6.45) is 4.12. The van der Waals surface area contributed by atoms with E-state index in [-0.39, 0.29) is 18.2 Å². The Bertz CT molecular complexity index is 577. The predicted octanol–water partition coefficient (Wildman–Crippen LogP) is 3.62. The molecule has 2 atom stereocenters. The molecule has 0 saturated carbocycles. The van der Waals surface area contributed by atoms with Crippen LogP contribution in [0.4, 0.5) is 0 Å². The van der Waals surface area contributed by atoms with Gasteiger partial charge in [-0.15, -0.1) is 0 Å². The summed E-state index contributed by atoms with van der Waals surface area (Å²) in [5, 5.41) is 7.83. The van der Waals surface area contributed by atoms with Crippen LogP contribution in [0.3, 0.4) is 0 Å². The Morgan fingerprint density at radius 2 is 1.81 bits per heavy atom. The Labute approximate surface area is 127 Å². The largest absolute Gasteiger partial charge is 0.491 e. The van der Waals surface area contributed by atoms with Gasteiger partial charge in [-0.1, -0.05) is 18.2 Å². The second-order valence-corrected chi connectivity index (χ2v) is 5.76. The molecule has 2 rings (SSSR count). The molecule has 2 aromatic rings. The highest BCUT2D eigenvalue weighted by Gasteiger charge is 2.16. The molecular formula is C17H25N3O. The molecule has 21 heavy (non-hydrogen) atoms. The van der Waals surface area contributed by atoms with Gasteiger partial charge in [-0.3, -0.25) is 4.68 Å². The summed E-state index contributed by atoms with van der Waals surface area (Å²) in [6.45, 7) is 8.41.